The first-order valence-corrected chi connectivity index (χ1v) is 9.07. The third-order valence-corrected chi connectivity index (χ3v) is 5.15. The van der Waals surface area contributed by atoms with Crippen LogP contribution in [0.2, 0.25) is 0 Å². The van der Waals surface area contributed by atoms with Crippen molar-refractivity contribution < 1.29 is 23.8 Å². The van der Waals surface area contributed by atoms with Gasteiger partial charge < -0.3 is 24.0 Å². The molecule has 0 saturated carbocycles. The van der Waals surface area contributed by atoms with Gasteiger partial charge in [-0.05, 0) is 12.1 Å². The Kier molecular flexibility index (Phi) is 4.88. The van der Waals surface area contributed by atoms with E-state index < -0.39 is 5.79 Å². The summed E-state index contributed by atoms with van der Waals surface area (Å²) in [6, 6.07) is 3.25. The molecule has 4 rings (SSSR count). The second kappa shape index (κ2) is 7.30. The predicted molar refractivity (Wildman–Crippen MR) is 90.7 cm³/mol. The Morgan fingerprint density at radius 3 is 2.27 bits per heavy atom. The van der Waals surface area contributed by atoms with Crippen LogP contribution in [0.15, 0.2) is 18.3 Å². The summed E-state index contributed by atoms with van der Waals surface area (Å²) in [6.07, 6.45) is 2.86. The third-order valence-electron chi connectivity index (χ3n) is 5.15. The van der Waals surface area contributed by atoms with Crippen molar-refractivity contribution in [1.29, 1.82) is 0 Å². The van der Waals surface area contributed by atoms with Gasteiger partial charge in [-0.2, -0.15) is 0 Å². The van der Waals surface area contributed by atoms with Gasteiger partial charge >= 0.3 is 0 Å². The molecule has 8 nitrogen and oxygen atoms in total. The van der Waals surface area contributed by atoms with Crippen LogP contribution in [-0.2, 0) is 14.2 Å². The van der Waals surface area contributed by atoms with E-state index >= 15 is 0 Å². The molecule has 26 heavy (non-hydrogen) atoms. The molecule has 3 saturated heterocycles. The van der Waals surface area contributed by atoms with Crippen LogP contribution < -0.4 is 0 Å². The molecular weight excluding hydrogens is 338 g/mol. The molecule has 3 aliphatic heterocycles. The van der Waals surface area contributed by atoms with Gasteiger partial charge in [-0.25, -0.2) is 0 Å². The quantitative estimate of drug-likeness (QED) is 0.765. The maximum Gasteiger partial charge on any atom is 0.272 e. The average Bonchev–Trinajstić information content (AvgIpc) is 3.16. The van der Waals surface area contributed by atoms with E-state index in [4.69, 9.17) is 14.2 Å². The fourth-order valence-electron chi connectivity index (χ4n) is 3.63. The fraction of sp³-hybridized carbons (Fsp3) is 0.611. The van der Waals surface area contributed by atoms with E-state index in [-0.39, 0.29) is 11.8 Å². The molecule has 0 N–H and O–H groups in total. The number of hydrogen-bond donors (Lipinski definition) is 0. The fourth-order valence-corrected chi connectivity index (χ4v) is 3.63. The lowest BCUT2D eigenvalue weighted by Crippen LogP contribution is -2.47. The van der Waals surface area contributed by atoms with Crippen molar-refractivity contribution in [1.82, 2.24) is 14.8 Å². The Morgan fingerprint density at radius 1 is 0.923 bits per heavy atom. The molecule has 3 fully saturated rings. The molecule has 0 atom stereocenters. The minimum atomic E-state index is -0.507. The number of rotatable bonds is 2. The summed E-state index contributed by atoms with van der Waals surface area (Å²) in [5, 5.41) is 0. The zero-order valence-corrected chi connectivity index (χ0v) is 14.7. The molecule has 0 bridgehead atoms. The molecular formula is C18H23N3O5. The van der Waals surface area contributed by atoms with Crippen molar-refractivity contribution in [2.75, 3.05) is 52.6 Å². The lowest BCUT2D eigenvalue weighted by Gasteiger charge is -2.37. The molecule has 0 unspecified atom stereocenters. The molecule has 1 aromatic rings. The third kappa shape index (κ3) is 3.44. The van der Waals surface area contributed by atoms with Crippen molar-refractivity contribution in [3.8, 4) is 0 Å². The van der Waals surface area contributed by atoms with Gasteiger partial charge in [0.05, 0.1) is 26.4 Å². The Morgan fingerprint density at radius 2 is 1.58 bits per heavy atom. The molecule has 140 valence electrons. The van der Waals surface area contributed by atoms with Gasteiger partial charge in [-0.15, -0.1) is 0 Å². The molecule has 3 aliphatic rings. The molecule has 0 aliphatic carbocycles. The van der Waals surface area contributed by atoms with Crippen LogP contribution in [0.4, 0.5) is 0 Å². The Labute approximate surface area is 152 Å². The second-order valence-corrected chi connectivity index (χ2v) is 6.73. The minimum absolute atomic E-state index is 0.0868. The minimum Gasteiger partial charge on any atom is -0.378 e. The highest BCUT2D eigenvalue weighted by Gasteiger charge is 2.40. The van der Waals surface area contributed by atoms with Crippen LogP contribution in [-0.4, -0.2) is 85.0 Å². The number of nitrogens with zero attached hydrogens (tertiary/aromatic N) is 3. The van der Waals surface area contributed by atoms with Crippen LogP contribution in [0, 0.1) is 0 Å². The van der Waals surface area contributed by atoms with E-state index in [1.807, 2.05) is 0 Å². The summed E-state index contributed by atoms with van der Waals surface area (Å²) in [5.41, 5.74) is 0.787. The number of likely N-dealkylation sites (tertiary alicyclic amines) is 1. The highest BCUT2D eigenvalue weighted by molar-refractivity contribution is 5.98. The molecule has 1 spiro atoms. The summed E-state index contributed by atoms with van der Waals surface area (Å²) in [5.74, 6) is -0.753. The van der Waals surface area contributed by atoms with Gasteiger partial charge in [0.2, 0.25) is 0 Å². The molecule has 2 amide bonds. The number of ether oxygens (including phenoxy) is 3. The zero-order valence-electron chi connectivity index (χ0n) is 14.7. The van der Waals surface area contributed by atoms with Gasteiger partial charge in [0.15, 0.2) is 5.79 Å². The van der Waals surface area contributed by atoms with Crippen molar-refractivity contribution in [2.24, 2.45) is 0 Å². The van der Waals surface area contributed by atoms with Crippen LogP contribution in [0.3, 0.4) is 0 Å². The van der Waals surface area contributed by atoms with Gasteiger partial charge in [0, 0.05) is 50.8 Å². The summed E-state index contributed by atoms with van der Waals surface area (Å²) < 4.78 is 16.7. The predicted octanol–water partition coefficient (Wildman–Crippen LogP) is 0.533. The summed E-state index contributed by atoms with van der Waals surface area (Å²) in [7, 11) is 0. The average molecular weight is 361 g/mol. The zero-order chi connectivity index (χ0) is 18.0. The number of hydrogen-bond acceptors (Lipinski definition) is 6. The Bertz CT molecular complexity index is 673. The van der Waals surface area contributed by atoms with Crippen LogP contribution in [0.5, 0.6) is 0 Å². The second-order valence-electron chi connectivity index (χ2n) is 6.73. The molecule has 4 heterocycles. The van der Waals surface area contributed by atoms with E-state index in [2.05, 4.69) is 4.98 Å². The van der Waals surface area contributed by atoms with Crippen molar-refractivity contribution in [2.45, 2.75) is 18.6 Å². The number of amides is 2. The number of carbonyl (C=O) groups excluding carboxylic acids is 2. The summed E-state index contributed by atoms with van der Waals surface area (Å²) in [4.78, 5) is 33.0. The van der Waals surface area contributed by atoms with E-state index in [1.165, 1.54) is 6.20 Å². The largest absolute Gasteiger partial charge is 0.378 e. The van der Waals surface area contributed by atoms with Gasteiger partial charge in [-0.1, -0.05) is 0 Å². The SMILES string of the molecule is O=C(c1ccnc(C(=O)N2CCOCC2)c1)N1CCC2(CC1)OCCO2. The number of aromatic nitrogens is 1. The van der Waals surface area contributed by atoms with Crippen molar-refractivity contribution in [3.05, 3.63) is 29.6 Å². The molecule has 1 aromatic heterocycles. The van der Waals surface area contributed by atoms with E-state index in [0.717, 1.165) is 0 Å². The first-order chi connectivity index (χ1) is 12.7. The lowest BCUT2D eigenvalue weighted by atomic mass is 10.0. The number of pyridine rings is 1. The summed E-state index contributed by atoms with van der Waals surface area (Å²) in [6.45, 7) is 4.55. The maximum atomic E-state index is 12.8. The van der Waals surface area contributed by atoms with Gasteiger partial charge in [0.1, 0.15) is 5.69 Å². The topological polar surface area (TPSA) is 81.2 Å². The Balaban J connectivity index is 1.42. The van der Waals surface area contributed by atoms with Gasteiger partial charge in [0.25, 0.3) is 11.8 Å². The van der Waals surface area contributed by atoms with Crippen LogP contribution in [0.25, 0.3) is 0 Å². The molecule has 0 aromatic carbocycles. The Hall–Kier alpha value is -2.03. The maximum absolute atomic E-state index is 12.8. The molecule has 0 radical (unpaired) electrons. The standard InChI is InChI=1S/C18H23N3O5/c22-16(20-5-2-18(3-6-20)25-11-12-26-18)14-1-4-19-15(13-14)17(23)21-7-9-24-10-8-21/h1,4,13H,2-3,5-12H2. The highest BCUT2D eigenvalue weighted by Crippen LogP contribution is 2.31. The molecule has 8 heteroatoms. The number of carbonyl (C=O) groups is 2. The van der Waals surface area contributed by atoms with Crippen LogP contribution >= 0.6 is 0 Å². The van der Waals surface area contributed by atoms with Crippen LogP contribution in [0.1, 0.15) is 33.7 Å². The van der Waals surface area contributed by atoms with Crippen molar-refractivity contribution in [3.63, 3.8) is 0 Å². The lowest BCUT2D eigenvalue weighted by molar-refractivity contribution is -0.181. The normalized spacial score (nSPS) is 22.6. The number of morpholine rings is 1. The number of piperidine rings is 1. The van der Waals surface area contributed by atoms with E-state index in [9.17, 15) is 9.59 Å². The smallest absolute Gasteiger partial charge is 0.272 e. The van der Waals surface area contributed by atoms with E-state index in [0.29, 0.717) is 76.7 Å². The monoisotopic (exact) mass is 361 g/mol. The highest BCUT2D eigenvalue weighted by atomic mass is 16.7. The van der Waals surface area contributed by atoms with Crippen molar-refractivity contribution >= 4 is 11.8 Å². The first-order valence-electron chi connectivity index (χ1n) is 9.07. The van der Waals surface area contributed by atoms with E-state index in [1.54, 1.807) is 21.9 Å². The summed E-state index contributed by atoms with van der Waals surface area (Å²) >= 11 is 0. The first kappa shape index (κ1) is 17.4. The van der Waals surface area contributed by atoms with Gasteiger partial charge in [-0.3, -0.25) is 14.6 Å².